The summed E-state index contributed by atoms with van der Waals surface area (Å²) in [4.78, 5) is 10.0. The molecular formula is C9H7NO2. The topological polar surface area (TPSA) is 43.1 Å². The van der Waals surface area contributed by atoms with Gasteiger partial charge in [0.1, 0.15) is 0 Å². The molecule has 1 aromatic carbocycles. The number of nitro benzene ring substituents is 1. The van der Waals surface area contributed by atoms with Crippen LogP contribution in [0.25, 0.3) is 0 Å². The standard InChI is InChI=1S/C9H7NO2/c1-2-5-8-6-3-4-7-9(8)10(11)12/h1,3-4,6-7H,5H2. The minimum atomic E-state index is -0.424. The van der Waals surface area contributed by atoms with E-state index in [-0.39, 0.29) is 5.69 Å². The third-order valence-electron chi connectivity index (χ3n) is 1.48. The molecule has 0 spiro atoms. The first-order chi connectivity index (χ1) is 5.75. The molecule has 12 heavy (non-hydrogen) atoms. The van der Waals surface area contributed by atoms with Gasteiger partial charge in [-0.05, 0) is 0 Å². The second-order valence-electron chi connectivity index (χ2n) is 2.27. The lowest BCUT2D eigenvalue weighted by atomic mass is 10.1. The second-order valence-corrected chi connectivity index (χ2v) is 2.27. The van der Waals surface area contributed by atoms with Gasteiger partial charge in [0.2, 0.25) is 0 Å². The number of nitro groups is 1. The lowest BCUT2D eigenvalue weighted by molar-refractivity contribution is -0.385. The fourth-order valence-electron chi connectivity index (χ4n) is 0.948. The summed E-state index contributed by atoms with van der Waals surface area (Å²) >= 11 is 0. The zero-order valence-corrected chi connectivity index (χ0v) is 6.36. The largest absolute Gasteiger partial charge is 0.273 e. The smallest absolute Gasteiger partial charge is 0.258 e. The molecule has 0 fully saturated rings. The van der Waals surface area contributed by atoms with Crippen LogP contribution in [0.4, 0.5) is 5.69 Å². The SMILES string of the molecule is C#CCc1ccccc1[N+](=O)[O-]. The minimum absolute atomic E-state index is 0.0930. The summed E-state index contributed by atoms with van der Waals surface area (Å²) in [6.45, 7) is 0. The Labute approximate surface area is 70.2 Å². The van der Waals surface area contributed by atoms with E-state index in [2.05, 4.69) is 5.92 Å². The molecule has 0 aliphatic heterocycles. The van der Waals surface area contributed by atoms with Crippen molar-refractivity contribution in [1.82, 2.24) is 0 Å². The van der Waals surface area contributed by atoms with Gasteiger partial charge in [-0.15, -0.1) is 12.3 Å². The van der Waals surface area contributed by atoms with E-state index in [4.69, 9.17) is 6.42 Å². The summed E-state index contributed by atoms with van der Waals surface area (Å²) in [5.41, 5.74) is 0.681. The third kappa shape index (κ3) is 1.61. The van der Waals surface area contributed by atoms with Gasteiger partial charge >= 0.3 is 0 Å². The normalized spacial score (nSPS) is 8.92. The second kappa shape index (κ2) is 3.54. The van der Waals surface area contributed by atoms with Crippen LogP contribution in [0.3, 0.4) is 0 Å². The number of terminal acetylenes is 1. The van der Waals surface area contributed by atoms with Crippen molar-refractivity contribution in [3.8, 4) is 12.3 Å². The predicted octanol–water partition coefficient (Wildman–Crippen LogP) is 1.77. The average Bonchev–Trinajstić information content (AvgIpc) is 2.05. The van der Waals surface area contributed by atoms with E-state index in [0.717, 1.165) is 0 Å². The van der Waals surface area contributed by atoms with E-state index in [1.165, 1.54) is 6.07 Å². The van der Waals surface area contributed by atoms with Crippen molar-refractivity contribution in [3.63, 3.8) is 0 Å². The maximum Gasteiger partial charge on any atom is 0.273 e. The van der Waals surface area contributed by atoms with E-state index < -0.39 is 4.92 Å². The molecule has 0 unspecified atom stereocenters. The molecule has 0 atom stereocenters. The maximum atomic E-state index is 10.4. The van der Waals surface area contributed by atoms with E-state index >= 15 is 0 Å². The van der Waals surface area contributed by atoms with Gasteiger partial charge < -0.3 is 0 Å². The zero-order valence-electron chi connectivity index (χ0n) is 6.36. The Morgan fingerprint density at radius 1 is 1.50 bits per heavy atom. The predicted molar refractivity (Wildman–Crippen MR) is 45.6 cm³/mol. The van der Waals surface area contributed by atoms with Crippen LogP contribution in [-0.4, -0.2) is 4.92 Å². The molecule has 0 heterocycles. The summed E-state index contributed by atoms with van der Waals surface area (Å²) in [7, 11) is 0. The van der Waals surface area contributed by atoms with Gasteiger partial charge in [0.15, 0.2) is 0 Å². The number of rotatable bonds is 2. The van der Waals surface area contributed by atoms with Crippen LogP contribution in [0.5, 0.6) is 0 Å². The molecule has 0 saturated heterocycles. The number of benzene rings is 1. The van der Waals surface area contributed by atoms with Crippen molar-refractivity contribution in [1.29, 1.82) is 0 Å². The molecule has 0 bridgehead atoms. The summed E-state index contributed by atoms with van der Waals surface area (Å²) in [5.74, 6) is 2.37. The van der Waals surface area contributed by atoms with Crippen molar-refractivity contribution in [3.05, 3.63) is 39.9 Å². The first kappa shape index (κ1) is 8.28. The number of hydrogen-bond donors (Lipinski definition) is 0. The van der Waals surface area contributed by atoms with Crippen molar-refractivity contribution in [2.24, 2.45) is 0 Å². The van der Waals surface area contributed by atoms with Crippen LogP contribution in [0.2, 0.25) is 0 Å². The Morgan fingerprint density at radius 3 is 2.75 bits per heavy atom. The number of para-hydroxylation sites is 1. The first-order valence-electron chi connectivity index (χ1n) is 3.41. The molecule has 0 amide bonds. The fourth-order valence-corrected chi connectivity index (χ4v) is 0.948. The Balaban J connectivity index is 3.10. The third-order valence-corrected chi connectivity index (χ3v) is 1.48. The molecule has 0 aliphatic carbocycles. The molecule has 0 radical (unpaired) electrons. The fraction of sp³-hybridized carbons (Fsp3) is 0.111. The van der Waals surface area contributed by atoms with Gasteiger partial charge in [-0.2, -0.15) is 0 Å². The van der Waals surface area contributed by atoms with Gasteiger partial charge in [-0.25, -0.2) is 0 Å². The lowest BCUT2D eigenvalue weighted by Crippen LogP contribution is -1.93. The highest BCUT2D eigenvalue weighted by Gasteiger charge is 2.09. The summed E-state index contributed by atoms with van der Waals surface area (Å²) in [6, 6.07) is 6.47. The number of hydrogen-bond acceptors (Lipinski definition) is 2. The molecule has 0 aromatic heterocycles. The van der Waals surface area contributed by atoms with Crippen LogP contribution < -0.4 is 0 Å². The van der Waals surface area contributed by atoms with Crippen LogP contribution in [0.1, 0.15) is 5.56 Å². The quantitative estimate of drug-likeness (QED) is 0.377. The van der Waals surface area contributed by atoms with Gasteiger partial charge in [-0.1, -0.05) is 18.2 Å². The highest BCUT2D eigenvalue weighted by molar-refractivity contribution is 5.41. The van der Waals surface area contributed by atoms with Crippen molar-refractivity contribution in [2.45, 2.75) is 6.42 Å². The van der Waals surface area contributed by atoms with E-state index in [1.807, 2.05) is 0 Å². The first-order valence-corrected chi connectivity index (χ1v) is 3.41. The molecule has 1 aromatic rings. The van der Waals surface area contributed by atoms with Gasteiger partial charge in [-0.3, -0.25) is 10.1 Å². The molecule has 3 nitrogen and oxygen atoms in total. The summed E-state index contributed by atoms with van der Waals surface area (Å²) in [6.07, 6.45) is 5.36. The maximum absolute atomic E-state index is 10.4. The van der Waals surface area contributed by atoms with E-state index in [1.54, 1.807) is 18.2 Å². The van der Waals surface area contributed by atoms with Gasteiger partial charge in [0.25, 0.3) is 5.69 Å². The highest BCUT2D eigenvalue weighted by Crippen LogP contribution is 2.17. The van der Waals surface area contributed by atoms with Crippen LogP contribution >= 0.6 is 0 Å². The van der Waals surface area contributed by atoms with Crippen LogP contribution in [0, 0.1) is 22.5 Å². The lowest BCUT2D eigenvalue weighted by Gasteiger charge is -1.96. The van der Waals surface area contributed by atoms with Gasteiger partial charge in [0, 0.05) is 18.1 Å². The zero-order chi connectivity index (χ0) is 8.97. The molecule has 3 heteroatoms. The monoisotopic (exact) mass is 161 g/mol. The molecule has 0 N–H and O–H groups in total. The Morgan fingerprint density at radius 2 is 2.17 bits per heavy atom. The highest BCUT2D eigenvalue weighted by atomic mass is 16.6. The van der Waals surface area contributed by atoms with Gasteiger partial charge in [0.05, 0.1) is 4.92 Å². The van der Waals surface area contributed by atoms with Crippen molar-refractivity contribution in [2.75, 3.05) is 0 Å². The van der Waals surface area contributed by atoms with Crippen molar-refractivity contribution < 1.29 is 4.92 Å². The Bertz CT molecular complexity index is 339. The van der Waals surface area contributed by atoms with Crippen LogP contribution in [-0.2, 0) is 6.42 Å². The molecule has 0 aliphatic rings. The van der Waals surface area contributed by atoms with Crippen molar-refractivity contribution >= 4 is 5.69 Å². The Kier molecular flexibility index (Phi) is 2.44. The van der Waals surface area contributed by atoms with E-state index in [0.29, 0.717) is 12.0 Å². The summed E-state index contributed by atoms with van der Waals surface area (Å²) < 4.78 is 0. The molecule has 1 rings (SSSR count). The Hall–Kier alpha value is -1.82. The summed E-state index contributed by atoms with van der Waals surface area (Å²) in [5, 5.41) is 10.4. The average molecular weight is 161 g/mol. The molecular weight excluding hydrogens is 154 g/mol. The van der Waals surface area contributed by atoms with E-state index in [9.17, 15) is 10.1 Å². The number of nitrogens with zero attached hydrogens (tertiary/aromatic N) is 1. The molecule has 0 saturated carbocycles. The molecule has 60 valence electrons. The van der Waals surface area contributed by atoms with Crippen LogP contribution in [0.15, 0.2) is 24.3 Å². The minimum Gasteiger partial charge on any atom is -0.258 e.